The number of halogens is 3. The number of benzene rings is 1. The predicted octanol–water partition coefficient (Wildman–Crippen LogP) is 2.66. The largest absolute Gasteiger partial charge is 0.416 e. The van der Waals surface area contributed by atoms with Gasteiger partial charge in [-0.1, -0.05) is 6.07 Å². The average Bonchev–Trinajstić information content (AvgIpc) is 2.87. The van der Waals surface area contributed by atoms with Crippen molar-refractivity contribution in [3.05, 3.63) is 53.7 Å². The van der Waals surface area contributed by atoms with Crippen molar-refractivity contribution < 1.29 is 22.8 Å². The zero-order valence-electron chi connectivity index (χ0n) is 19.5. The summed E-state index contributed by atoms with van der Waals surface area (Å²) in [5.41, 5.74) is 0.639. The maximum atomic E-state index is 13.8. The normalized spacial score (nSPS) is 22.5. The van der Waals surface area contributed by atoms with Crippen LogP contribution in [0.4, 0.5) is 24.7 Å². The zero-order valence-corrected chi connectivity index (χ0v) is 19.5. The van der Waals surface area contributed by atoms with E-state index in [0.717, 1.165) is 17.6 Å². The van der Waals surface area contributed by atoms with Crippen LogP contribution in [0.3, 0.4) is 0 Å². The van der Waals surface area contributed by atoms with Crippen LogP contribution in [0.1, 0.15) is 18.1 Å². The molecule has 0 N–H and O–H groups in total. The first kappa shape index (κ1) is 23.4. The van der Waals surface area contributed by atoms with Crippen molar-refractivity contribution in [1.82, 2.24) is 14.8 Å². The lowest BCUT2D eigenvalue weighted by molar-refractivity contribution is -0.142. The summed E-state index contributed by atoms with van der Waals surface area (Å²) in [6.07, 6.45) is -2.46. The van der Waals surface area contributed by atoms with Gasteiger partial charge in [-0.3, -0.25) is 9.59 Å². The van der Waals surface area contributed by atoms with Gasteiger partial charge in [-0.2, -0.15) is 13.2 Å². The van der Waals surface area contributed by atoms with E-state index >= 15 is 0 Å². The monoisotopic (exact) mass is 487 g/mol. The van der Waals surface area contributed by atoms with Crippen molar-refractivity contribution in [3.8, 4) is 0 Å². The van der Waals surface area contributed by atoms with E-state index in [2.05, 4.69) is 14.8 Å². The Bertz CT molecular complexity index is 1100. The maximum Gasteiger partial charge on any atom is 0.416 e. The Hall–Kier alpha value is -3.30. The van der Waals surface area contributed by atoms with Crippen LogP contribution >= 0.6 is 0 Å². The number of piperazine rings is 2. The molecule has 10 heteroatoms. The number of hydrogen-bond acceptors (Lipinski definition) is 5. The highest BCUT2D eigenvalue weighted by atomic mass is 19.4. The van der Waals surface area contributed by atoms with Gasteiger partial charge in [0, 0.05) is 64.6 Å². The summed E-state index contributed by atoms with van der Waals surface area (Å²) in [6, 6.07) is 9.39. The quantitative estimate of drug-likeness (QED) is 0.652. The Kier molecular flexibility index (Phi) is 6.06. The molecule has 1 aromatic heterocycles. The fourth-order valence-electron chi connectivity index (χ4n) is 5.51. The highest BCUT2D eigenvalue weighted by molar-refractivity contribution is 5.83. The van der Waals surface area contributed by atoms with Gasteiger partial charge in [-0.25, -0.2) is 4.98 Å². The van der Waals surface area contributed by atoms with Gasteiger partial charge in [-0.15, -0.1) is 0 Å². The Morgan fingerprint density at radius 1 is 0.971 bits per heavy atom. The number of nitrogens with zero attached hydrogens (tertiary/aromatic N) is 5. The van der Waals surface area contributed by atoms with E-state index in [1.165, 1.54) is 13.0 Å². The van der Waals surface area contributed by atoms with Crippen LogP contribution in [-0.4, -0.2) is 78.5 Å². The summed E-state index contributed by atoms with van der Waals surface area (Å²) in [5, 5.41) is 0. The third-order valence-corrected chi connectivity index (χ3v) is 7.37. The fraction of sp³-hybridized carbons (Fsp3) is 0.480. The second kappa shape index (κ2) is 9.05. The van der Waals surface area contributed by atoms with Gasteiger partial charge in [0.2, 0.25) is 11.8 Å². The van der Waals surface area contributed by atoms with Crippen molar-refractivity contribution in [2.75, 3.05) is 55.6 Å². The molecule has 5 rings (SSSR count). The summed E-state index contributed by atoms with van der Waals surface area (Å²) >= 11 is 0. The SMILES string of the molecule is CC(=O)N1CCN(C(=O)C2Cc3cc(C(F)(F)F)ccc3N3CCN(c4ccccn4)CC23)CC1. The number of amides is 2. The summed E-state index contributed by atoms with van der Waals surface area (Å²) in [6.45, 7) is 5.12. The van der Waals surface area contributed by atoms with Crippen LogP contribution in [0.2, 0.25) is 0 Å². The first-order valence-corrected chi connectivity index (χ1v) is 11.9. The summed E-state index contributed by atoms with van der Waals surface area (Å²) in [5.74, 6) is 0.259. The zero-order chi connectivity index (χ0) is 24.7. The number of rotatable bonds is 2. The minimum absolute atomic E-state index is 0.0205. The highest BCUT2D eigenvalue weighted by Crippen LogP contribution is 2.40. The van der Waals surface area contributed by atoms with Gasteiger partial charge in [0.15, 0.2) is 0 Å². The molecule has 0 radical (unpaired) electrons. The van der Waals surface area contributed by atoms with Gasteiger partial charge in [0.05, 0.1) is 17.5 Å². The minimum atomic E-state index is -4.44. The van der Waals surface area contributed by atoms with Gasteiger partial charge in [-0.05, 0) is 42.3 Å². The van der Waals surface area contributed by atoms with E-state index in [9.17, 15) is 22.8 Å². The van der Waals surface area contributed by atoms with Crippen molar-refractivity contribution in [1.29, 1.82) is 0 Å². The van der Waals surface area contributed by atoms with Crippen molar-refractivity contribution in [2.45, 2.75) is 25.6 Å². The maximum absolute atomic E-state index is 13.8. The molecule has 3 aliphatic heterocycles. The molecule has 0 bridgehead atoms. The summed E-state index contributed by atoms with van der Waals surface area (Å²) < 4.78 is 40.3. The van der Waals surface area contributed by atoms with Crippen LogP contribution in [0.5, 0.6) is 0 Å². The standard InChI is InChI=1S/C25H28F3N5O2/c1-17(34)30-8-10-31(11-9-30)24(35)20-15-18-14-19(25(26,27)28)5-6-21(18)33-13-12-32(16-22(20)33)23-4-2-3-7-29-23/h2-7,14,20,22H,8-13,15-16H2,1H3. The Labute approximate surface area is 202 Å². The van der Waals surface area contributed by atoms with E-state index < -0.39 is 17.7 Å². The number of pyridine rings is 1. The molecule has 0 spiro atoms. The number of alkyl halides is 3. The first-order valence-electron chi connectivity index (χ1n) is 11.9. The van der Waals surface area contributed by atoms with Crippen molar-refractivity contribution >= 4 is 23.3 Å². The molecule has 0 saturated carbocycles. The highest BCUT2D eigenvalue weighted by Gasteiger charge is 2.44. The van der Waals surface area contributed by atoms with E-state index in [1.54, 1.807) is 22.1 Å². The van der Waals surface area contributed by atoms with E-state index in [1.807, 2.05) is 18.2 Å². The summed E-state index contributed by atoms with van der Waals surface area (Å²) in [7, 11) is 0. The smallest absolute Gasteiger partial charge is 0.364 e. The first-order chi connectivity index (χ1) is 16.7. The second-order valence-electron chi connectivity index (χ2n) is 9.38. The molecule has 4 heterocycles. The number of carbonyl (C=O) groups excluding carboxylic acids is 2. The third-order valence-electron chi connectivity index (χ3n) is 7.37. The minimum Gasteiger partial charge on any atom is -0.364 e. The average molecular weight is 488 g/mol. The van der Waals surface area contributed by atoms with Gasteiger partial charge >= 0.3 is 6.18 Å². The predicted molar refractivity (Wildman–Crippen MR) is 125 cm³/mol. The van der Waals surface area contributed by atoms with Crippen LogP contribution in [0, 0.1) is 5.92 Å². The molecular weight excluding hydrogens is 459 g/mol. The fourth-order valence-corrected chi connectivity index (χ4v) is 5.51. The van der Waals surface area contributed by atoms with Crippen molar-refractivity contribution in [2.24, 2.45) is 5.92 Å². The molecule has 35 heavy (non-hydrogen) atoms. The molecule has 2 saturated heterocycles. The second-order valence-corrected chi connectivity index (χ2v) is 9.38. The third kappa shape index (κ3) is 4.53. The Balaban J connectivity index is 1.45. The molecule has 2 unspecified atom stereocenters. The lowest BCUT2D eigenvalue weighted by Gasteiger charge is -2.50. The summed E-state index contributed by atoms with van der Waals surface area (Å²) in [4.78, 5) is 37.6. The van der Waals surface area contributed by atoms with Crippen LogP contribution in [0.15, 0.2) is 42.6 Å². The Morgan fingerprint density at radius 2 is 1.71 bits per heavy atom. The number of aromatic nitrogens is 1. The van der Waals surface area contributed by atoms with E-state index in [-0.39, 0.29) is 24.3 Å². The van der Waals surface area contributed by atoms with Crippen LogP contribution in [-0.2, 0) is 22.2 Å². The number of anilines is 2. The van der Waals surface area contributed by atoms with Gasteiger partial charge in [0.25, 0.3) is 0 Å². The lowest BCUT2D eigenvalue weighted by atomic mass is 9.82. The van der Waals surface area contributed by atoms with E-state index in [4.69, 9.17) is 0 Å². The molecule has 0 aliphatic carbocycles. The lowest BCUT2D eigenvalue weighted by Crippen LogP contribution is -2.62. The van der Waals surface area contributed by atoms with E-state index in [0.29, 0.717) is 51.4 Å². The molecule has 2 atom stereocenters. The molecule has 2 amide bonds. The molecule has 186 valence electrons. The number of hydrogen-bond donors (Lipinski definition) is 0. The molecule has 2 aromatic rings. The van der Waals surface area contributed by atoms with Gasteiger partial charge in [0.1, 0.15) is 5.82 Å². The topological polar surface area (TPSA) is 60.0 Å². The molecular formula is C25H28F3N5O2. The molecule has 1 aromatic carbocycles. The molecule has 7 nitrogen and oxygen atoms in total. The number of fused-ring (bicyclic) bond motifs is 3. The van der Waals surface area contributed by atoms with Gasteiger partial charge < -0.3 is 19.6 Å². The number of carbonyl (C=O) groups is 2. The van der Waals surface area contributed by atoms with Crippen LogP contribution in [0.25, 0.3) is 0 Å². The molecule has 2 fully saturated rings. The van der Waals surface area contributed by atoms with Crippen LogP contribution < -0.4 is 9.80 Å². The van der Waals surface area contributed by atoms with Crippen molar-refractivity contribution in [3.63, 3.8) is 0 Å². The molecule has 3 aliphatic rings. The Morgan fingerprint density at radius 3 is 2.37 bits per heavy atom.